The van der Waals surface area contributed by atoms with Crippen molar-refractivity contribution in [2.75, 3.05) is 18.1 Å². The predicted molar refractivity (Wildman–Crippen MR) is 90.3 cm³/mol. The fourth-order valence-corrected chi connectivity index (χ4v) is 3.84. The molecule has 0 aromatic heterocycles. The molecule has 3 amide bonds. The van der Waals surface area contributed by atoms with Crippen molar-refractivity contribution in [1.29, 1.82) is 0 Å². The zero-order chi connectivity index (χ0) is 18.2. The normalized spacial score (nSPS) is 22.8. The van der Waals surface area contributed by atoms with E-state index in [0.29, 0.717) is 18.5 Å². The molecule has 132 valence electrons. The number of anilines is 1. The van der Waals surface area contributed by atoms with E-state index in [1.54, 1.807) is 6.07 Å². The molecule has 1 fully saturated rings. The Labute approximate surface area is 145 Å². The number of sulfone groups is 1. The number of likely N-dealkylation sites (tertiary alicyclic amines) is 1. The van der Waals surface area contributed by atoms with E-state index in [2.05, 4.69) is 5.32 Å². The highest BCUT2D eigenvalue weighted by Gasteiger charge is 2.47. The van der Waals surface area contributed by atoms with Gasteiger partial charge in [0.05, 0.1) is 16.7 Å². The van der Waals surface area contributed by atoms with Crippen LogP contribution in [0.3, 0.4) is 0 Å². The summed E-state index contributed by atoms with van der Waals surface area (Å²) in [6, 6.07) is 5.82. The van der Waals surface area contributed by atoms with E-state index >= 15 is 0 Å². The third kappa shape index (κ3) is 3.48. The Bertz CT molecular complexity index is 849. The van der Waals surface area contributed by atoms with Gasteiger partial charge in [-0.05, 0) is 31.0 Å². The van der Waals surface area contributed by atoms with E-state index in [1.807, 2.05) is 12.2 Å². The van der Waals surface area contributed by atoms with Crippen LogP contribution in [0.5, 0.6) is 0 Å². The van der Waals surface area contributed by atoms with Crippen molar-refractivity contribution in [3.63, 3.8) is 0 Å². The Morgan fingerprint density at radius 2 is 1.76 bits per heavy atom. The molecule has 2 aliphatic rings. The Morgan fingerprint density at radius 3 is 2.32 bits per heavy atom. The number of fused-ring (bicyclic) bond motifs is 1. The topological polar surface area (TPSA) is 101 Å². The van der Waals surface area contributed by atoms with Crippen molar-refractivity contribution in [2.45, 2.75) is 17.7 Å². The lowest BCUT2D eigenvalue weighted by molar-refractivity contribution is -0.142. The maximum atomic E-state index is 12.3. The van der Waals surface area contributed by atoms with Crippen LogP contribution in [0.15, 0.2) is 41.3 Å². The molecular formula is C17H18N2O5S. The fourth-order valence-electron chi connectivity index (χ4n) is 3.17. The van der Waals surface area contributed by atoms with E-state index in [0.717, 1.165) is 11.2 Å². The van der Waals surface area contributed by atoms with Gasteiger partial charge in [0, 0.05) is 11.9 Å². The molecule has 1 aromatic rings. The summed E-state index contributed by atoms with van der Waals surface area (Å²) in [4.78, 5) is 38.0. The number of imide groups is 1. The number of carbonyl (C=O) groups excluding carboxylic acids is 3. The van der Waals surface area contributed by atoms with Crippen LogP contribution >= 0.6 is 0 Å². The maximum Gasteiger partial charge on any atom is 0.244 e. The number of nitrogens with one attached hydrogen (secondary N) is 1. The molecule has 1 heterocycles. The number of carbonyl (C=O) groups is 3. The van der Waals surface area contributed by atoms with Crippen LogP contribution in [0.1, 0.15) is 12.8 Å². The molecule has 8 heteroatoms. The van der Waals surface area contributed by atoms with Gasteiger partial charge in [-0.1, -0.05) is 18.2 Å². The lowest BCUT2D eigenvalue weighted by atomic mass is 9.85. The first-order valence-corrected chi connectivity index (χ1v) is 9.76. The van der Waals surface area contributed by atoms with E-state index in [-0.39, 0.29) is 35.1 Å². The number of allylic oxidation sites excluding steroid dienone is 2. The van der Waals surface area contributed by atoms with Crippen LogP contribution in [-0.2, 0) is 24.2 Å². The van der Waals surface area contributed by atoms with Crippen molar-refractivity contribution >= 4 is 33.2 Å². The Balaban J connectivity index is 1.69. The van der Waals surface area contributed by atoms with Crippen molar-refractivity contribution in [1.82, 2.24) is 4.90 Å². The standard InChI is InChI=1S/C17H18N2O5S/c1-25(23,24)12-6-4-5-11(9-12)18-15(20)10-19-16(21)13-7-2-3-8-14(13)17(19)22/h2-6,9,13-14H,7-8,10H2,1H3,(H,18,20)/t13-,14+. The monoisotopic (exact) mass is 362 g/mol. The second-order valence-electron chi connectivity index (χ2n) is 6.27. The number of rotatable bonds is 4. The molecule has 0 spiro atoms. The van der Waals surface area contributed by atoms with Gasteiger partial charge in [0.2, 0.25) is 17.7 Å². The number of nitrogens with zero attached hydrogens (tertiary/aromatic N) is 1. The molecule has 1 aliphatic carbocycles. The van der Waals surface area contributed by atoms with E-state index < -0.39 is 15.7 Å². The van der Waals surface area contributed by atoms with Crippen LogP contribution in [0.25, 0.3) is 0 Å². The Kier molecular flexibility index (Phi) is 4.47. The summed E-state index contributed by atoms with van der Waals surface area (Å²) >= 11 is 0. The highest BCUT2D eigenvalue weighted by atomic mass is 32.2. The predicted octanol–water partition coefficient (Wildman–Crippen LogP) is 0.980. The molecule has 3 rings (SSSR count). The second-order valence-corrected chi connectivity index (χ2v) is 8.28. The van der Waals surface area contributed by atoms with Gasteiger partial charge in [0.25, 0.3) is 0 Å². The van der Waals surface area contributed by atoms with Crippen molar-refractivity contribution in [3.8, 4) is 0 Å². The van der Waals surface area contributed by atoms with Gasteiger partial charge >= 0.3 is 0 Å². The molecule has 1 N–H and O–H groups in total. The molecule has 1 aliphatic heterocycles. The molecule has 2 atom stereocenters. The zero-order valence-corrected chi connectivity index (χ0v) is 14.5. The van der Waals surface area contributed by atoms with Gasteiger partial charge in [-0.2, -0.15) is 0 Å². The molecule has 0 bridgehead atoms. The highest BCUT2D eigenvalue weighted by Crippen LogP contribution is 2.34. The summed E-state index contributed by atoms with van der Waals surface area (Å²) in [5.74, 6) is -1.93. The number of amides is 3. The molecule has 0 radical (unpaired) electrons. The number of hydrogen-bond acceptors (Lipinski definition) is 5. The van der Waals surface area contributed by atoms with Crippen LogP contribution < -0.4 is 5.32 Å². The van der Waals surface area contributed by atoms with Crippen LogP contribution in [0, 0.1) is 11.8 Å². The fraction of sp³-hybridized carbons (Fsp3) is 0.353. The zero-order valence-electron chi connectivity index (χ0n) is 13.6. The van der Waals surface area contributed by atoms with Gasteiger partial charge in [0.1, 0.15) is 6.54 Å². The average Bonchev–Trinajstić information content (AvgIpc) is 2.80. The van der Waals surface area contributed by atoms with Crippen LogP contribution in [0.4, 0.5) is 5.69 Å². The first-order valence-electron chi connectivity index (χ1n) is 7.87. The molecule has 0 saturated carbocycles. The van der Waals surface area contributed by atoms with E-state index in [9.17, 15) is 22.8 Å². The highest BCUT2D eigenvalue weighted by molar-refractivity contribution is 7.90. The summed E-state index contributed by atoms with van der Waals surface area (Å²) in [5.41, 5.74) is 0.297. The molecule has 0 unspecified atom stereocenters. The number of hydrogen-bond donors (Lipinski definition) is 1. The van der Waals surface area contributed by atoms with Gasteiger partial charge in [-0.15, -0.1) is 0 Å². The third-order valence-electron chi connectivity index (χ3n) is 4.45. The quantitative estimate of drug-likeness (QED) is 0.636. The van der Waals surface area contributed by atoms with Crippen molar-refractivity contribution in [2.24, 2.45) is 11.8 Å². The van der Waals surface area contributed by atoms with Crippen LogP contribution in [-0.4, -0.2) is 43.8 Å². The first kappa shape index (κ1) is 17.3. The van der Waals surface area contributed by atoms with Crippen molar-refractivity contribution < 1.29 is 22.8 Å². The average molecular weight is 362 g/mol. The summed E-state index contributed by atoms with van der Waals surface area (Å²) in [5, 5.41) is 2.54. The second kappa shape index (κ2) is 6.44. The van der Waals surface area contributed by atoms with Crippen molar-refractivity contribution in [3.05, 3.63) is 36.4 Å². The third-order valence-corrected chi connectivity index (χ3v) is 5.56. The molecule has 1 aromatic carbocycles. The summed E-state index contributed by atoms with van der Waals surface area (Å²) < 4.78 is 23.1. The summed E-state index contributed by atoms with van der Waals surface area (Å²) in [6.07, 6.45) is 5.87. The van der Waals surface area contributed by atoms with Gasteiger partial charge in [-0.25, -0.2) is 8.42 Å². The minimum absolute atomic E-state index is 0.0794. The van der Waals surface area contributed by atoms with E-state index in [4.69, 9.17) is 0 Å². The maximum absolute atomic E-state index is 12.3. The summed E-state index contributed by atoms with van der Waals surface area (Å²) in [6.45, 7) is -0.367. The minimum atomic E-state index is -3.39. The minimum Gasteiger partial charge on any atom is -0.324 e. The first-order chi connectivity index (χ1) is 11.8. The smallest absolute Gasteiger partial charge is 0.244 e. The lowest BCUT2D eigenvalue weighted by Gasteiger charge is -2.14. The number of benzene rings is 1. The SMILES string of the molecule is CS(=O)(=O)c1cccc(NC(=O)CN2C(=O)[C@H]3CC=CC[C@H]3C2=O)c1. The van der Waals surface area contributed by atoms with Gasteiger partial charge in [0.15, 0.2) is 9.84 Å². The molecule has 7 nitrogen and oxygen atoms in total. The molecule has 1 saturated heterocycles. The lowest BCUT2D eigenvalue weighted by Crippen LogP contribution is -2.38. The largest absolute Gasteiger partial charge is 0.324 e. The Hall–Kier alpha value is -2.48. The summed E-state index contributed by atoms with van der Waals surface area (Å²) in [7, 11) is -3.39. The van der Waals surface area contributed by atoms with Gasteiger partial charge in [-0.3, -0.25) is 19.3 Å². The van der Waals surface area contributed by atoms with Crippen LogP contribution in [0.2, 0.25) is 0 Å². The molecular weight excluding hydrogens is 344 g/mol. The van der Waals surface area contributed by atoms with Gasteiger partial charge < -0.3 is 5.32 Å². The van der Waals surface area contributed by atoms with E-state index in [1.165, 1.54) is 18.2 Å². The Morgan fingerprint density at radius 1 is 1.16 bits per heavy atom. The molecule has 25 heavy (non-hydrogen) atoms.